The normalized spacial score (nSPS) is 13.8. The van der Waals surface area contributed by atoms with E-state index in [9.17, 15) is 13.6 Å². The third-order valence-corrected chi connectivity index (χ3v) is 5.33. The second kappa shape index (κ2) is 8.71. The van der Waals surface area contributed by atoms with Crippen molar-refractivity contribution in [1.82, 2.24) is 9.88 Å². The highest BCUT2D eigenvalue weighted by Crippen LogP contribution is 2.31. The molecule has 2 aromatic carbocycles. The highest BCUT2D eigenvalue weighted by molar-refractivity contribution is 5.99. The van der Waals surface area contributed by atoms with E-state index in [2.05, 4.69) is 10.3 Å². The summed E-state index contributed by atoms with van der Waals surface area (Å²) < 4.78 is 33.0. The Morgan fingerprint density at radius 1 is 1.19 bits per heavy atom. The Bertz CT molecular complexity index is 1100. The molecule has 1 N–H and O–H groups in total. The Kier molecular flexibility index (Phi) is 5.84. The monoisotopic (exact) mass is 423 g/mol. The molecular formula is C24H23F2N3O2. The van der Waals surface area contributed by atoms with Crippen LogP contribution in [0.4, 0.5) is 14.6 Å². The molecule has 3 aromatic rings. The molecule has 1 aromatic heterocycles. The van der Waals surface area contributed by atoms with Gasteiger partial charge in [0.15, 0.2) is 11.6 Å². The third-order valence-electron chi connectivity index (χ3n) is 5.33. The highest BCUT2D eigenvalue weighted by atomic mass is 19.1. The zero-order valence-electron chi connectivity index (χ0n) is 17.4. The zero-order chi connectivity index (χ0) is 22.0. The van der Waals surface area contributed by atoms with Gasteiger partial charge in [-0.3, -0.25) is 4.79 Å². The molecule has 0 bridgehead atoms. The molecule has 0 aliphatic carbocycles. The number of aryl methyl sites for hydroxylation is 1. The second-order valence-electron chi connectivity index (χ2n) is 7.57. The first-order valence-electron chi connectivity index (χ1n) is 10.1. The van der Waals surface area contributed by atoms with Crippen LogP contribution in [0.5, 0.6) is 11.5 Å². The van der Waals surface area contributed by atoms with Crippen molar-refractivity contribution < 1.29 is 18.3 Å². The number of hydrogen-bond donors (Lipinski definition) is 1. The second-order valence-corrected chi connectivity index (χ2v) is 7.57. The van der Waals surface area contributed by atoms with Crippen LogP contribution in [0.15, 0.2) is 54.7 Å². The quantitative estimate of drug-likeness (QED) is 0.551. The summed E-state index contributed by atoms with van der Waals surface area (Å²) in [5.41, 5.74) is 3.05. The number of hydrogen-bond acceptors (Lipinski definition) is 4. The van der Waals surface area contributed by atoms with Gasteiger partial charge in [0.25, 0.3) is 5.91 Å². The van der Waals surface area contributed by atoms with Crippen LogP contribution in [0.1, 0.15) is 40.0 Å². The Hall–Kier alpha value is -3.48. The number of fused-ring (bicyclic) bond motifs is 1. The largest absolute Gasteiger partial charge is 0.454 e. The fraction of sp³-hybridized carbons (Fsp3) is 0.250. The van der Waals surface area contributed by atoms with E-state index in [0.717, 1.165) is 11.1 Å². The van der Waals surface area contributed by atoms with Crippen molar-refractivity contribution in [3.05, 3.63) is 82.8 Å². The topological polar surface area (TPSA) is 54.5 Å². The van der Waals surface area contributed by atoms with E-state index >= 15 is 0 Å². The molecule has 0 radical (unpaired) electrons. The first-order chi connectivity index (χ1) is 15.0. The smallest absolute Gasteiger partial charge is 0.254 e. The van der Waals surface area contributed by atoms with E-state index in [4.69, 9.17) is 4.74 Å². The van der Waals surface area contributed by atoms with Crippen LogP contribution in [0.25, 0.3) is 0 Å². The summed E-state index contributed by atoms with van der Waals surface area (Å²) in [6.07, 6.45) is 1.55. The summed E-state index contributed by atoms with van der Waals surface area (Å²) in [4.78, 5) is 18.2. The molecular weight excluding hydrogens is 400 g/mol. The number of carbonyl (C=O) groups is 1. The SMILES string of the molecule is Cc1ccc(Oc2ccc([C@H](C)Nc3nccc4c3CN(CCF)C4=O)cc2F)cc1. The van der Waals surface area contributed by atoms with Gasteiger partial charge < -0.3 is 15.0 Å². The Morgan fingerprint density at radius 3 is 2.68 bits per heavy atom. The van der Waals surface area contributed by atoms with Crippen LogP contribution in [-0.2, 0) is 6.54 Å². The maximum atomic E-state index is 14.7. The van der Waals surface area contributed by atoms with E-state index < -0.39 is 12.5 Å². The summed E-state index contributed by atoms with van der Waals surface area (Å²) in [6, 6.07) is 13.6. The van der Waals surface area contributed by atoms with E-state index in [1.165, 1.54) is 11.0 Å². The minimum Gasteiger partial charge on any atom is -0.454 e. The van der Waals surface area contributed by atoms with Gasteiger partial charge in [0.05, 0.1) is 12.6 Å². The molecule has 0 saturated carbocycles. The average molecular weight is 423 g/mol. The lowest BCUT2D eigenvalue weighted by Gasteiger charge is -2.18. The van der Waals surface area contributed by atoms with Crippen LogP contribution in [0.2, 0.25) is 0 Å². The fourth-order valence-corrected chi connectivity index (χ4v) is 3.58. The van der Waals surface area contributed by atoms with Crippen molar-refractivity contribution in [3.8, 4) is 11.5 Å². The number of alkyl halides is 1. The summed E-state index contributed by atoms with van der Waals surface area (Å²) in [5, 5.41) is 3.25. The molecule has 2 heterocycles. The van der Waals surface area contributed by atoms with Crippen molar-refractivity contribution in [2.75, 3.05) is 18.5 Å². The summed E-state index contributed by atoms with van der Waals surface area (Å²) >= 11 is 0. The molecule has 1 aliphatic heterocycles. The molecule has 1 aliphatic rings. The molecule has 0 fully saturated rings. The summed E-state index contributed by atoms with van der Waals surface area (Å²) in [7, 11) is 0. The summed E-state index contributed by atoms with van der Waals surface area (Å²) in [6.45, 7) is 3.61. The Morgan fingerprint density at radius 2 is 1.97 bits per heavy atom. The molecule has 0 saturated heterocycles. The molecule has 160 valence electrons. The number of anilines is 1. The molecule has 0 spiro atoms. The maximum absolute atomic E-state index is 14.7. The molecule has 1 atom stereocenters. The van der Waals surface area contributed by atoms with Crippen molar-refractivity contribution in [1.29, 1.82) is 0 Å². The molecule has 7 heteroatoms. The number of aromatic nitrogens is 1. The van der Waals surface area contributed by atoms with Gasteiger partial charge in [-0.05, 0) is 49.7 Å². The Labute approximate surface area is 179 Å². The standard InChI is InChI=1S/C24H23F2N3O2/c1-15-3-6-18(7-4-15)31-22-8-5-17(13-21(22)26)16(2)28-23-20-14-29(12-10-25)24(30)19(20)9-11-27-23/h3-9,11,13,16H,10,12,14H2,1-2H3,(H,27,28)/t16-/m0/s1. The number of amides is 1. The third kappa shape index (κ3) is 4.35. The predicted molar refractivity (Wildman–Crippen MR) is 115 cm³/mol. The predicted octanol–water partition coefficient (Wildman–Crippen LogP) is 5.42. The van der Waals surface area contributed by atoms with Crippen molar-refractivity contribution in [3.63, 3.8) is 0 Å². The minimum absolute atomic E-state index is 0.0517. The van der Waals surface area contributed by atoms with E-state index in [1.54, 1.807) is 36.5 Å². The van der Waals surface area contributed by atoms with Gasteiger partial charge in [0.2, 0.25) is 0 Å². The number of benzene rings is 2. The first kappa shape index (κ1) is 20.8. The van der Waals surface area contributed by atoms with Crippen LogP contribution in [-0.4, -0.2) is 29.0 Å². The van der Waals surface area contributed by atoms with E-state index in [-0.39, 0.29) is 24.2 Å². The van der Waals surface area contributed by atoms with Crippen LogP contribution < -0.4 is 10.1 Å². The van der Waals surface area contributed by atoms with Gasteiger partial charge in [-0.2, -0.15) is 0 Å². The fourth-order valence-electron chi connectivity index (χ4n) is 3.58. The number of ether oxygens (including phenoxy) is 1. The Balaban J connectivity index is 1.50. The molecule has 4 rings (SSSR count). The lowest BCUT2D eigenvalue weighted by atomic mass is 10.1. The summed E-state index contributed by atoms with van der Waals surface area (Å²) in [5.74, 6) is 0.581. The zero-order valence-corrected chi connectivity index (χ0v) is 17.4. The van der Waals surface area contributed by atoms with Gasteiger partial charge in [0.1, 0.15) is 18.2 Å². The van der Waals surface area contributed by atoms with Gasteiger partial charge >= 0.3 is 0 Å². The van der Waals surface area contributed by atoms with Gasteiger partial charge in [-0.15, -0.1) is 0 Å². The van der Waals surface area contributed by atoms with Crippen LogP contribution in [0.3, 0.4) is 0 Å². The lowest BCUT2D eigenvalue weighted by Crippen LogP contribution is -2.26. The lowest BCUT2D eigenvalue weighted by molar-refractivity contribution is 0.0768. The van der Waals surface area contributed by atoms with Gasteiger partial charge in [-0.1, -0.05) is 23.8 Å². The van der Waals surface area contributed by atoms with Crippen molar-refractivity contribution in [2.24, 2.45) is 0 Å². The van der Waals surface area contributed by atoms with Gasteiger partial charge in [0, 0.05) is 23.9 Å². The van der Waals surface area contributed by atoms with Crippen molar-refractivity contribution >= 4 is 11.7 Å². The molecule has 5 nitrogen and oxygen atoms in total. The number of rotatable bonds is 7. The minimum atomic E-state index is -0.595. The van der Waals surface area contributed by atoms with Gasteiger partial charge in [-0.25, -0.2) is 13.8 Å². The molecule has 0 unspecified atom stereocenters. The van der Waals surface area contributed by atoms with Crippen molar-refractivity contribution in [2.45, 2.75) is 26.4 Å². The van der Waals surface area contributed by atoms with Crippen LogP contribution >= 0.6 is 0 Å². The van der Waals surface area contributed by atoms with E-state index in [1.807, 2.05) is 26.0 Å². The molecule has 31 heavy (non-hydrogen) atoms. The molecule has 1 amide bonds. The average Bonchev–Trinajstić information content (AvgIpc) is 3.08. The first-order valence-corrected chi connectivity index (χ1v) is 10.1. The number of pyridine rings is 1. The number of halogens is 2. The number of nitrogens with zero attached hydrogens (tertiary/aromatic N) is 2. The maximum Gasteiger partial charge on any atom is 0.254 e. The van der Waals surface area contributed by atoms with Crippen LogP contribution in [0, 0.1) is 12.7 Å². The number of nitrogens with one attached hydrogen (secondary N) is 1. The number of carbonyl (C=O) groups excluding carboxylic acids is 1. The highest BCUT2D eigenvalue weighted by Gasteiger charge is 2.30. The van der Waals surface area contributed by atoms with E-state index in [0.29, 0.717) is 29.2 Å².